The minimum absolute atomic E-state index is 0.192. The lowest BCUT2D eigenvalue weighted by molar-refractivity contribution is -0.385. The van der Waals surface area contributed by atoms with E-state index in [9.17, 15) is 10.1 Å². The van der Waals surface area contributed by atoms with Gasteiger partial charge in [0.1, 0.15) is 0 Å². The largest absolute Gasteiger partial charge is 0.396 e. The molecule has 1 saturated carbocycles. The highest BCUT2D eigenvalue weighted by atomic mass is 16.6. The summed E-state index contributed by atoms with van der Waals surface area (Å²) in [6.07, 6.45) is 4.40. The van der Waals surface area contributed by atoms with Crippen molar-refractivity contribution in [2.24, 2.45) is 0 Å². The van der Waals surface area contributed by atoms with E-state index in [1.165, 1.54) is 19.3 Å². The molecule has 1 aliphatic carbocycles. The molecule has 0 spiro atoms. The normalized spacial score (nSPS) is 15.3. The minimum atomic E-state index is -0.319. The molecule has 0 heterocycles. The molecular formula is C15H22N2O3. The second-order valence-electron chi connectivity index (χ2n) is 5.45. The minimum Gasteiger partial charge on any atom is -0.396 e. The van der Waals surface area contributed by atoms with Crippen LogP contribution in [0, 0.1) is 17.0 Å². The molecule has 0 bridgehead atoms. The van der Waals surface area contributed by atoms with Crippen LogP contribution in [0.15, 0.2) is 18.2 Å². The van der Waals surface area contributed by atoms with E-state index >= 15 is 0 Å². The zero-order valence-corrected chi connectivity index (χ0v) is 11.9. The highest BCUT2D eigenvalue weighted by molar-refractivity contribution is 5.44. The van der Waals surface area contributed by atoms with E-state index in [0.717, 1.165) is 30.6 Å². The van der Waals surface area contributed by atoms with Gasteiger partial charge in [-0.2, -0.15) is 0 Å². The maximum absolute atomic E-state index is 11.0. The molecular weight excluding hydrogens is 256 g/mol. The number of nitro benzene ring substituents is 1. The summed E-state index contributed by atoms with van der Waals surface area (Å²) in [6, 6.07) is 5.85. The molecule has 1 aromatic rings. The van der Waals surface area contributed by atoms with Gasteiger partial charge >= 0.3 is 0 Å². The fraction of sp³-hybridized carbons (Fsp3) is 0.600. The van der Waals surface area contributed by atoms with Crippen LogP contribution in [0.1, 0.15) is 36.8 Å². The first kappa shape index (κ1) is 14.9. The first-order valence-electron chi connectivity index (χ1n) is 7.21. The SMILES string of the molecule is Cc1c(CN(CCCO)C2CCC2)cccc1[N+](=O)[O-]. The Morgan fingerprint density at radius 1 is 1.45 bits per heavy atom. The smallest absolute Gasteiger partial charge is 0.272 e. The first-order chi connectivity index (χ1) is 9.63. The Labute approximate surface area is 119 Å². The summed E-state index contributed by atoms with van der Waals surface area (Å²) in [6.45, 7) is 3.59. The van der Waals surface area contributed by atoms with Gasteiger partial charge in [0.05, 0.1) is 4.92 Å². The van der Waals surface area contributed by atoms with Crippen LogP contribution in [0.4, 0.5) is 5.69 Å². The standard InChI is InChI=1S/C15H22N2O3/c1-12-13(5-2-8-15(12)17(19)20)11-16(9-4-10-18)14-6-3-7-14/h2,5,8,14,18H,3-4,6-7,9-11H2,1H3. The molecule has 110 valence electrons. The van der Waals surface area contributed by atoms with Crippen LogP contribution in [-0.2, 0) is 6.54 Å². The van der Waals surface area contributed by atoms with Crippen molar-refractivity contribution >= 4 is 5.69 Å². The highest BCUT2D eigenvalue weighted by Crippen LogP contribution is 2.28. The molecule has 2 rings (SSSR count). The van der Waals surface area contributed by atoms with Gasteiger partial charge in [0.2, 0.25) is 0 Å². The topological polar surface area (TPSA) is 66.6 Å². The summed E-state index contributed by atoms with van der Waals surface area (Å²) >= 11 is 0. The number of hydrogen-bond acceptors (Lipinski definition) is 4. The number of hydrogen-bond donors (Lipinski definition) is 1. The van der Waals surface area contributed by atoms with E-state index in [-0.39, 0.29) is 17.2 Å². The monoisotopic (exact) mass is 278 g/mol. The van der Waals surface area contributed by atoms with Crippen LogP contribution in [0.25, 0.3) is 0 Å². The quantitative estimate of drug-likeness (QED) is 0.615. The van der Waals surface area contributed by atoms with Crippen LogP contribution >= 0.6 is 0 Å². The van der Waals surface area contributed by atoms with E-state index in [1.54, 1.807) is 12.1 Å². The van der Waals surface area contributed by atoms with E-state index in [4.69, 9.17) is 5.11 Å². The fourth-order valence-corrected chi connectivity index (χ4v) is 2.67. The van der Waals surface area contributed by atoms with E-state index in [2.05, 4.69) is 4.90 Å². The van der Waals surface area contributed by atoms with Gasteiger partial charge in [-0.05, 0) is 31.7 Å². The second-order valence-corrected chi connectivity index (χ2v) is 5.45. The molecule has 0 aliphatic heterocycles. The van der Waals surface area contributed by atoms with Crippen LogP contribution < -0.4 is 0 Å². The molecule has 0 atom stereocenters. The summed E-state index contributed by atoms with van der Waals surface area (Å²) in [5.41, 5.74) is 1.97. The number of nitrogens with zero attached hydrogens (tertiary/aromatic N) is 2. The summed E-state index contributed by atoms with van der Waals surface area (Å²) in [4.78, 5) is 13.0. The van der Waals surface area contributed by atoms with Gasteiger partial charge < -0.3 is 5.11 Å². The van der Waals surface area contributed by atoms with Crippen molar-refractivity contribution < 1.29 is 10.0 Å². The predicted molar refractivity (Wildman–Crippen MR) is 77.6 cm³/mol. The van der Waals surface area contributed by atoms with Gasteiger partial charge in [-0.15, -0.1) is 0 Å². The Morgan fingerprint density at radius 3 is 2.75 bits per heavy atom. The molecule has 5 nitrogen and oxygen atoms in total. The van der Waals surface area contributed by atoms with Crippen molar-refractivity contribution in [1.82, 2.24) is 4.90 Å². The molecule has 0 amide bonds. The number of rotatable bonds is 7. The summed E-state index contributed by atoms with van der Waals surface area (Å²) in [5, 5.41) is 20.0. The van der Waals surface area contributed by atoms with Gasteiger partial charge in [0.25, 0.3) is 5.69 Å². The third-order valence-electron chi connectivity index (χ3n) is 4.18. The average molecular weight is 278 g/mol. The van der Waals surface area contributed by atoms with Gasteiger partial charge in [0.15, 0.2) is 0 Å². The van der Waals surface area contributed by atoms with E-state index in [0.29, 0.717) is 6.04 Å². The maximum Gasteiger partial charge on any atom is 0.272 e. The Bertz CT molecular complexity index is 472. The average Bonchev–Trinajstić information content (AvgIpc) is 2.35. The maximum atomic E-state index is 11.0. The van der Waals surface area contributed by atoms with Crippen molar-refractivity contribution in [3.05, 3.63) is 39.4 Å². The van der Waals surface area contributed by atoms with Crippen LogP contribution in [-0.4, -0.2) is 34.1 Å². The van der Waals surface area contributed by atoms with Crippen molar-refractivity contribution in [1.29, 1.82) is 0 Å². The lowest BCUT2D eigenvalue weighted by Crippen LogP contribution is -2.40. The Balaban J connectivity index is 2.13. The van der Waals surface area contributed by atoms with Gasteiger partial charge in [0, 0.05) is 37.4 Å². The van der Waals surface area contributed by atoms with Gasteiger partial charge in [-0.3, -0.25) is 15.0 Å². The highest BCUT2D eigenvalue weighted by Gasteiger charge is 2.25. The Hall–Kier alpha value is -1.46. The molecule has 0 saturated heterocycles. The molecule has 1 aromatic carbocycles. The zero-order chi connectivity index (χ0) is 14.5. The Morgan fingerprint density at radius 2 is 2.20 bits per heavy atom. The molecule has 1 aliphatic rings. The number of aliphatic hydroxyl groups excluding tert-OH is 1. The van der Waals surface area contributed by atoms with Gasteiger partial charge in [-0.1, -0.05) is 18.6 Å². The number of benzene rings is 1. The molecule has 1 N–H and O–H groups in total. The lowest BCUT2D eigenvalue weighted by Gasteiger charge is -2.37. The van der Waals surface area contributed by atoms with Crippen molar-refractivity contribution in [3.63, 3.8) is 0 Å². The number of aliphatic hydroxyl groups is 1. The molecule has 0 radical (unpaired) electrons. The lowest BCUT2D eigenvalue weighted by atomic mass is 9.90. The molecule has 0 unspecified atom stereocenters. The first-order valence-corrected chi connectivity index (χ1v) is 7.21. The number of nitro groups is 1. The molecule has 5 heteroatoms. The fourth-order valence-electron chi connectivity index (χ4n) is 2.67. The van der Waals surface area contributed by atoms with Crippen molar-refractivity contribution in [2.75, 3.05) is 13.2 Å². The van der Waals surface area contributed by atoms with Crippen LogP contribution in [0.2, 0.25) is 0 Å². The van der Waals surface area contributed by atoms with Crippen molar-refractivity contribution in [3.8, 4) is 0 Å². The van der Waals surface area contributed by atoms with Gasteiger partial charge in [-0.25, -0.2) is 0 Å². The van der Waals surface area contributed by atoms with Crippen LogP contribution in [0.5, 0.6) is 0 Å². The zero-order valence-electron chi connectivity index (χ0n) is 11.9. The summed E-state index contributed by atoms with van der Waals surface area (Å²) in [5.74, 6) is 0. The Kier molecular flexibility index (Phi) is 5.09. The van der Waals surface area contributed by atoms with Crippen LogP contribution in [0.3, 0.4) is 0 Å². The van der Waals surface area contributed by atoms with Crippen molar-refractivity contribution in [2.45, 2.75) is 45.2 Å². The van der Waals surface area contributed by atoms with E-state index < -0.39 is 0 Å². The second kappa shape index (κ2) is 6.81. The third-order valence-corrected chi connectivity index (χ3v) is 4.18. The molecule has 20 heavy (non-hydrogen) atoms. The van der Waals surface area contributed by atoms with E-state index in [1.807, 2.05) is 13.0 Å². The summed E-state index contributed by atoms with van der Waals surface area (Å²) in [7, 11) is 0. The molecule has 1 fully saturated rings. The predicted octanol–water partition coefficient (Wildman–Crippen LogP) is 2.64. The third kappa shape index (κ3) is 3.35. The summed E-state index contributed by atoms with van der Waals surface area (Å²) < 4.78 is 0. The molecule has 0 aromatic heterocycles.